The SMILES string of the molecule is CS(C)(C)CCOCn1ccnc1-c1nn(COCCS(C)(C)C)c2c(F)c(-c3c(F)cnc(Br)c3F)ccc12. The molecule has 0 radical (unpaired) electrons. The minimum Gasteiger partial charge on any atom is -0.360 e. The number of hydrogen-bond acceptors (Lipinski definition) is 5. The van der Waals surface area contributed by atoms with Gasteiger partial charge in [0.15, 0.2) is 23.3 Å². The van der Waals surface area contributed by atoms with E-state index in [0.717, 1.165) is 17.7 Å². The Morgan fingerprint density at radius 1 is 0.875 bits per heavy atom. The number of pyridine rings is 1. The van der Waals surface area contributed by atoms with E-state index in [9.17, 15) is 8.78 Å². The van der Waals surface area contributed by atoms with Gasteiger partial charge in [-0.25, -0.2) is 47.9 Å². The first kappa shape index (κ1) is 30.9. The lowest BCUT2D eigenvalue weighted by atomic mass is 10.0. The number of rotatable bonds is 12. The van der Waals surface area contributed by atoms with Crippen LogP contribution in [0.1, 0.15) is 0 Å². The van der Waals surface area contributed by atoms with Crippen LogP contribution < -0.4 is 0 Å². The monoisotopic (exact) mass is 661 g/mol. The zero-order valence-corrected chi connectivity index (χ0v) is 26.7. The summed E-state index contributed by atoms with van der Waals surface area (Å²) in [5, 5.41) is 5.10. The van der Waals surface area contributed by atoms with Crippen molar-refractivity contribution in [3.63, 3.8) is 0 Å². The number of fused-ring (bicyclic) bond motifs is 1. The van der Waals surface area contributed by atoms with Crippen LogP contribution in [0.15, 0.2) is 35.3 Å². The fraction of sp³-hybridized carbons (Fsp3) is 0.444. The van der Waals surface area contributed by atoms with Crippen molar-refractivity contribution >= 4 is 46.9 Å². The van der Waals surface area contributed by atoms with Gasteiger partial charge in [0.1, 0.15) is 29.3 Å². The number of ether oxygens (including phenoxy) is 2. The van der Waals surface area contributed by atoms with Crippen molar-refractivity contribution < 1.29 is 22.6 Å². The number of aromatic nitrogens is 5. The zero-order valence-electron chi connectivity index (χ0n) is 23.5. The third kappa shape index (κ3) is 7.22. The van der Waals surface area contributed by atoms with Crippen LogP contribution in [0.2, 0.25) is 0 Å². The Bertz CT molecular complexity index is 1500. The molecule has 3 heterocycles. The summed E-state index contributed by atoms with van der Waals surface area (Å²) in [4.78, 5) is 8.10. The van der Waals surface area contributed by atoms with Crippen LogP contribution in [0.25, 0.3) is 33.5 Å². The third-order valence-corrected chi connectivity index (χ3v) is 9.44. The highest BCUT2D eigenvalue weighted by atomic mass is 79.9. The fourth-order valence-corrected chi connectivity index (χ4v) is 5.47. The van der Waals surface area contributed by atoms with Gasteiger partial charge in [0, 0.05) is 34.8 Å². The number of benzene rings is 1. The molecule has 0 aliphatic rings. The highest BCUT2D eigenvalue weighted by Gasteiger charge is 2.25. The predicted octanol–water partition coefficient (Wildman–Crippen LogP) is 6.48. The Balaban J connectivity index is 1.76. The molecule has 0 unspecified atom stereocenters. The van der Waals surface area contributed by atoms with E-state index in [0.29, 0.717) is 30.1 Å². The van der Waals surface area contributed by atoms with Crippen LogP contribution in [-0.4, -0.2) is 86.6 Å². The van der Waals surface area contributed by atoms with Crippen LogP contribution in [0.3, 0.4) is 0 Å². The Hall–Kier alpha value is -2.06. The van der Waals surface area contributed by atoms with Gasteiger partial charge in [-0.3, -0.25) is 0 Å². The van der Waals surface area contributed by atoms with Gasteiger partial charge in [-0.2, -0.15) is 5.10 Å². The molecule has 4 aromatic rings. The van der Waals surface area contributed by atoms with Gasteiger partial charge in [0.25, 0.3) is 0 Å². The van der Waals surface area contributed by atoms with Crippen LogP contribution in [0.5, 0.6) is 0 Å². The first-order valence-corrected chi connectivity index (χ1v) is 19.3. The molecule has 0 saturated heterocycles. The predicted molar refractivity (Wildman–Crippen MR) is 164 cm³/mol. The van der Waals surface area contributed by atoms with Crippen molar-refractivity contribution in [2.24, 2.45) is 0 Å². The molecule has 0 fully saturated rings. The molecular formula is C27H35BrF3N5O2S2. The average molecular weight is 663 g/mol. The van der Waals surface area contributed by atoms with Gasteiger partial charge in [0.2, 0.25) is 0 Å². The van der Waals surface area contributed by atoms with E-state index in [4.69, 9.17) is 9.47 Å². The summed E-state index contributed by atoms with van der Waals surface area (Å²) in [5.41, 5.74) is -0.274. The highest BCUT2D eigenvalue weighted by Crippen LogP contribution is 2.38. The third-order valence-electron chi connectivity index (χ3n) is 6.10. The van der Waals surface area contributed by atoms with Crippen LogP contribution >= 0.6 is 36.0 Å². The van der Waals surface area contributed by atoms with Crippen molar-refractivity contribution in [2.45, 2.75) is 13.5 Å². The molecule has 1 aromatic carbocycles. The number of halogens is 4. The lowest BCUT2D eigenvalue weighted by Crippen LogP contribution is -2.12. The molecule has 0 aliphatic carbocycles. The second-order valence-corrected chi connectivity index (χ2v) is 21.1. The first-order valence-electron chi connectivity index (χ1n) is 12.4. The lowest BCUT2D eigenvalue weighted by Gasteiger charge is -2.24. The molecule has 4 rings (SSSR count). The molecule has 0 N–H and O–H groups in total. The topological polar surface area (TPSA) is 67.0 Å². The van der Waals surface area contributed by atoms with E-state index in [2.05, 4.69) is 68.5 Å². The molecule has 7 nitrogen and oxygen atoms in total. The van der Waals surface area contributed by atoms with Crippen molar-refractivity contribution in [1.29, 1.82) is 0 Å². The Kier molecular flexibility index (Phi) is 9.60. The second kappa shape index (κ2) is 12.4. The summed E-state index contributed by atoms with van der Waals surface area (Å²) in [6.07, 6.45) is 17.5. The molecule has 0 bridgehead atoms. The standard InChI is InChI=1S/C27H35BrF3N5O2S2/c1-39(2,3)13-11-37-16-35-10-9-32-27(35)24-19-8-7-18(21-20(29)15-33-26(28)23(21)31)22(30)25(19)36(34-24)17-38-12-14-40(4,5)6/h7-10,15H,11-14,16-17H2,1-6H3. The summed E-state index contributed by atoms with van der Waals surface area (Å²) in [6.45, 7) is 1.29. The largest absolute Gasteiger partial charge is 0.360 e. The molecule has 40 heavy (non-hydrogen) atoms. The maximum atomic E-state index is 16.2. The average Bonchev–Trinajstić information content (AvgIpc) is 3.47. The normalized spacial score (nSPS) is 13.3. The summed E-state index contributed by atoms with van der Waals surface area (Å²) < 4.78 is 60.6. The Morgan fingerprint density at radius 2 is 1.52 bits per heavy atom. The summed E-state index contributed by atoms with van der Waals surface area (Å²) in [5.74, 6) is -0.458. The quantitative estimate of drug-likeness (QED) is 0.128. The van der Waals surface area contributed by atoms with Gasteiger partial charge >= 0.3 is 0 Å². The molecule has 0 spiro atoms. The molecule has 0 aliphatic heterocycles. The Labute approximate surface area is 244 Å². The molecule has 0 amide bonds. The lowest BCUT2D eigenvalue weighted by molar-refractivity contribution is 0.0836. The fourth-order valence-electron chi connectivity index (χ4n) is 3.94. The smallest absolute Gasteiger partial charge is 0.166 e. The van der Waals surface area contributed by atoms with E-state index in [-0.39, 0.29) is 29.1 Å². The number of nitrogens with zero attached hydrogens (tertiary/aromatic N) is 5. The van der Waals surface area contributed by atoms with Gasteiger partial charge in [-0.15, -0.1) is 0 Å². The molecule has 0 atom stereocenters. The first-order chi connectivity index (χ1) is 18.8. The van der Waals surface area contributed by atoms with E-state index >= 15 is 4.39 Å². The zero-order chi connectivity index (χ0) is 29.2. The molecule has 13 heteroatoms. The van der Waals surface area contributed by atoms with Crippen molar-refractivity contribution in [1.82, 2.24) is 24.3 Å². The maximum absolute atomic E-state index is 16.2. The van der Waals surface area contributed by atoms with Gasteiger partial charge in [-0.1, -0.05) is 6.07 Å². The maximum Gasteiger partial charge on any atom is 0.166 e. The van der Waals surface area contributed by atoms with E-state index in [1.54, 1.807) is 23.0 Å². The number of hydrogen-bond donors (Lipinski definition) is 0. The van der Waals surface area contributed by atoms with Crippen LogP contribution in [0, 0.1) is 17.5 Å². The minimum atomic E-state index is -0.987. The van der Waals surface area contributed by atoms with E-state index < -0.39 is 43.1 Å². The van der Waals surface area contributed by atoms with Crippen molar-refractivity contribution in [2.75, 3.05) is 62.3 Å². The molecular weight excluding hydrogens is 627 g/mol. The summed E-state index contributed by atoms with van der Waals surface area (Å²) >= 11 is 2.97. The Morgan fingerprint density at radius 3 is 2.17 bits per heavy atom. The van der Waals surface area contributed by atoms with Gasteiger partial charge in [0.05, 0.1) is 25.0 Å². The summed E-state index contributed by atoms with van der Waals surface area (Å²) in [7, 11) is -1.48. The van der Waals surface area contributed by atoms with Crippen LogP contribution in [0.4, 0.5) is 13.2 Å². The minimum absolute atomic E-state index is 0.0387. The van der Waals surface area contributed by atoms with E-state index in [1.807, 2.05) is 0 Å². The van der Waals surface area contributed by atoms with Gasteiger partial charge < -0.3 is 14.0 Å². The van der Waals surface area contributed by atoms with Crippen molar-refractivity contribution in [3.8, 4) is 22.6 Å². The second-order valence-electron chi connectivity index (χ2n) is 11.1. The molecule has 3 aromatic heterocycles. The highest BCUT2D eigenvalue weighted by molar-refractivity contribution is 9.10. The van der Waals surface area contributed by atoms with Gasteiger partial charge in [-0.05, 0) is 59.5 Å². The van der Waals surface area contributed by atoms with Crippen molar-refractivity contribution in [3.05, 3.63) is 52.8 Å². The summed E-state index contributed by atoms with van der Waals surface area (Å²) in [6, 6.07) is 2.95. The van der Waals surface area contributed by atoms with E-state index in [1.165, 1.54) is 10.7 Å². The molecule has 220 valence electrons. The number of imidazole rings is 1. The van der Waals surface area contributed by atoms with Crippen LogP contribution in [-0.2, 0) is 22.9 Å². The molecule has 0 saturated carbocycles.